The van der Waals surface area contributed by atoms with E-state index in [-0.39, 0.29) is 12.5 Å². The van der Waals surface area contributed by atoms with Crippen molar-refractivity contribution in [3.8, 4) is 0 Å². The Morgan fingerprint density at radius 3 is 2.52 bits per heavy atom. The van der Waals surface area contributed by atoms with Crippen molar-refractivity contribution >= 4 is 34.8 Å². The van der Waals surface area contributed by atoms with Crippen LogP contribution in [0.2, 0.25) is 0 Å². The fourth-order valence-electron chi connectivity index (χ4n) is 3.41. The van der Waals surface area contributed by atoms with Crippen LogP contribution in [-0.2, 0) is 11.3 Å². The van der Waals surface area contributed by atoms with Gasteiger partial charge in [0.05, 0.1) is 11.0 Å². The van der Waals surface area contributed by atoms with Gasteiger partial charge in [0.1, 0.15) is 12.4 Å². The monoisotopic (exact) mass is 381 g/mol. The summed E-state index contributed by atoms with van der Waals surface area (Å²) in [5, 5.41) is 3.03. The van der Waals surface area contributed by atoms with E-state index in [4.69, 9.17) is 4.98 Å². The molecule has 0 saturated heterocycles. The molecular formula is C25H23N3O. The van der Waals surface area contributed by atoms with Gasteiger partial charge in [-0.1, -0.05) is 66.2 Å². The van der Waals surface area contributed by atoms with E-state index in [1.54, 1.807) is 0 Å². The third kappa shape index (κ3) is 4.27. The number of anilines is 1. The van der Waals surface area contributed by atoms with E-state index in [0.29, 0.717) is 0 Å². The number of aryl methyl sites for hydroxylation is 2. The highest BCUT2D eigenvalue weighted by atomic mass is 16.1. The maximum Gasteiger partial charge on any atom is 0.244 e. The SMILES string of the molecule is Cc1ccc(NC(=O)Cn2c(/C=C/c3ccccc3)nc3ccccc32)c(C)c1. The molecule has 4 nitrogen and oxygen atoms in total. The number of nitrogens with zero attached hydrogens (tertiary/aromatic N) is 2. The first-order chi connectivity index (χ1) is 14.1. The highest BCUT2D eigenvalue weighted by Gasteiger charge is 2.13. The second kappa shape index (κ2) is 8.15. The molecule has 0 saturated carbocycles. The summed E-state index contributed by atoms with van der Waals surface area (Å²) in [5.41, 5.74) is 5.97. The zero-order valence-electron chi connectivity index (χ0n) is 16.6. The van der Waals surface area contributed by atoms with Gasteiger partial charge in [0, 0.05) is 5.69 Å². The minimum atomic E-state index is -0.0746. The number of hydrogen-bond acceptors (Lipinski definition) is 2. The maximum atomic E-state index is 12.8. The summed E-state index contributed by atoms with van der Waals surface area (Å²) >= 11 is 0. The molecule has 0 bridgehead atoms. The first-order valence-corrected chi connectivity index (χ1v) is 9.66. The smallest absolute Gasteiger partial charge is 0.244 e. The van der Waals surface area contributed by atoms with E-state index in [9.17, 15) is 4.79 Å². The summed E-state index contributed by atoms with van der Waals surface area (Å²) in [6, 6.07) is 24.0. The summed E-state index contributed by atoms with van der Waals surface area (Å²) in [7, 11) is 0. The zero-order chi connectivity index (χ0) is 20.2. The lowest BCUT2D eigenvalue weighted by Crippen LogP contribution is -2.20. The second-order valence-electron chi connectivity index (χ2n) is 7.16. The van der Waals surface area contributed by atoms with Crippen molar-refractivity contribution in [1.29, 1.82) is 0 Å². The van der Waals surface area contributed by atoms with Crippen molar-refractivity contribution in [1.82, 2.24) is 9.55 Å². The summed E-state index contributed by atoms with van der Waals surface area (Å²) < 4.78 is 1.95. The maximum absolute atomic E-state index is 12.8. The molecule has 1 aromatic heterocycles. The molecule has 1 N–H and O–H groups in total. The molecule has 1 amide bonds. The lowest BCUT2D eigenvalue weighted by molar-refractivity contribution is -0.116. The Labute approximate surface area is 170 Å². The number of amides is 1. The molecule has 4 rings (SSSR count). The van der Waals surface area contributed by atoms with Gasteiger partial charge in [-0.25, -0.2) is 4.98 Å². The number of hydrogen-bond donors (Lipinski definition) is 1. The van der Waals surface area contributed by atoms with Gasteiger partial charge in [0.15, 0.2) is 0 Å². The van der Waals surface area contributed by atoms with E-state index < -0.39 is 0 Å². The average molecular weight is 381 g/mol. The largest absolute Gasteiger partial charge is 0.324 e. The Hall–Kier alpha value is -3.66. The molecule has 4 heteroatoms. The molecule has 4 aromatic rings. The molecule has 0 unspecified atom stereocenters. The molecule has 29 heavy (non-hydrogen) atoms. The number of carbonyl (C=O) groups excluding carboxylic acids is 1. The molecule has 3 aromatic carbocycles. The molecule has 144 valence electrons. The zero-order valence-corrected chi connectivity index (χ0v) is 16.6. The van der Waals surface area contributed by atoms with E-state index >= 15 is 0 Å². The first-order valence-electron chi connectivity index (χ1n) is 9.66. The Morgan fingerprint density at radius 1 is 0.966 bits per heavy atom. The normalized spacial score (nSPS) is 11.2. The molecule has 0 atom stereocenters. The number of aromatic nitrogens is 2. The van der Waals surface area contributed by atoms with Gasteiger partial charge in [-0.05, 0) is 49.2 Å². The van der Waals surface area contributed by atoms with Crippen LogP contribution < -0.4 is 5.32 Å². The Morgan fingerprint density at radius 2 is 1.72 bits per heavy atom. The van der Waals surface area contributed by atoms with E-state index in [2.05, 4.69) is 11.4 Å². The fourth-order valence-corrected chi connectivity index (χ4v) is 3.41. The van der Waals surface area contributed by atoms with Crippen LogP contribution >= 0.6 is 0 Å². The van der Waals surface area contributed by atoms with E-state index in [1.807, 2.05) is 97.3 Å². The number of carbonyl (C=O) groups is 1. The van der Waals surface area contributed by atoms with Gasteiger partial charge in [-0.3, -0.25) is 4.79 Å². The number of benzene rings is 3. The van der Waals surface area contributed by atoms with Gasteiger partial charge in [-0.15, -0.1) is 0 Å². The molecule has 0 aliphatic carbocycles. The Kier molecular flexibility index (Phi) is 5.25. The number of imidazole rings is 1. The topological polar surface area (TPSA) is 46.9 Å². The third-order valence-electron chi connectivity index (χ3n) is 4.87. The summed E-state index contributed by atoms with van der Waals surface area (Å²) in [4.78, 5) is 17.5. The highest BCUT2D eigenvalue weighted by Crippen LogP contribution is 2.20. The lowest BCUT2D eigenvalue weighted by atomic mass is 10.1. The second-order valence-corrected chi connectivity index (χ2v) is 7.16. The summed E-state index contributed by atoms with van der Waals surface area (Å²) in [5.74, 6) is 0.681. The molecule has 1 heterocycles. The summed E-state index contributed by atoms with van der Waals surface area (Å²) in [6.45, 7) is 4.24. The van der Waals surface area contributed by atoms with Gasteiger partial charge in [0.25, 0.3) is 0 Å². The van der Waals surface area contributed by atoms with Crippen molar-refractivity contribution in [2.24, 2.45) is 0 Å². The quantitative estimate of drug-likeness (QED) is 0.499. The minimum Gasteiger partial charge on any atom is -0.324 e. The Bertz CT molecular complexity index is 1190. The molecule has 0 fully saturated rings. The van der Waals surface area contributed by atoms with Crippen molar-refractivity contribution < 1.29 is 4.79 Å². The van der Waals surface area contributed by atoms with Gasteiger partial charge >= 0.3 is 0 Å². The number of fused-ring (bicyclic) bond motifs is 1. The number of nitrogens with one attached hydrogen (secondary N) is 1. The Balaban J connectivity index is 1.63. The van der Waals surface area contributed by atoms with Crippen LogP contribution in [-0.4, -0.2) is 15.5 Å². The van der Waals surface area contributed by atoms with Crippen LogP contribution in [0.3, 0.4) is 0 Å². The van der Waals surface area contributed by atoms with Crippen LogP contribution in [0.1, 0.15) is 22.5 Å². The fraction of sp³-hybridized carbons (Fsp3) is 0.120. The van der Waals surface area contributed by atoms with Crippen LogP contribution in [0.4, 0.5) is 5.69 Å². The van der Waals surface area contributed by atoms with Crippen LogP contribution in [0.5, 0.6) is 0 Å². The van der Waals surface area contributed by atoms with Crippen LogP contribution in [0.25, 0.3) is 23.2 Å². The van der Waals surface area contributed by atoms with Crippen LogP contribution in [0, 0.1) is 13.8 Å². The van der Waals surface area contributed by atoms with E-state index in [0.717, 1.165) is 33.7 Å². The standard InChI is InChI=1S/C25H23N3O/c1-18-12-14-21(19(2)16-18)27-25(29)17-28-23-11-7-6-10-22(23)26-24(28)15-13-20-8-4-3-5-9-20/h3-16H,17H2,1-2H3,(H,27,29)/b15-13+. The molecule has 0 aliphatic heterocycles. The van der Waals surface area contributed by atoms with Crippen molar-refractivity contribution in [2.75, 3.05) is 5.32 Å². The average Bonchev–Trinajstić information content (AvgIpc) is 3.07. The van der Waals surface area contributed by atoms with Gasteiger partial charge < -0.3 is 9.88 Å². The summed E-state index contributed by atoms with van der Waals surface area (Å²) in [6.07, 6.45) is 3.97. The number of para-hydroxylation sites is 2. The molecule has 0 radical (unpaired) electrons. The molecular weight excluding hydrogens is 358 g/mol. The van der Waals surface area contributed by atoms with Crippen molar-refractivity contribution in [3.63, 3.8) is 0 Å². The lowest BCUT2D eigenvalue weighted by Gasteiger charge is -2.11. The van der Waals surface area contributed by atoms with Crippen LogP contribution in [0.15, 0.2) is 72.8 Å². The van der Waals surface area contributed by atoms with Gasteiger partial charge in [0.2, 0.25) is 5.91 Å². The predicted octanol–water partition coefficient (Wildman–Crippen LogP) is 5.46. The predicted molar refractivity (Wildman–Crippen MR) is 120 cm³/mol. The number of rotatable bonds is 5. The van der Waals surface area contributed by atoms with Crippen molar-refractivity contribution in [3.05, 3.63) is 95.3 Å². The highest BCUT2D eigenvalue weighted by molar-refractivity contribution is 5.93. The minimum absolute atomic E-state index is 0.0746. The van der Waals surface area contributed by atoms with Crippen molar-refractivity contribution in [2.45, 2.75) is 20.4 Å². The van der Waals surface area contributed by atoms with E-state index in [1.165, 1.54) is 5.56 Å². The molecule has 0 spiro atoms. The molecule has 0 aliphatic rings. The van der Waals surface area contributed by atoms with Gasteiger partial charge in [-0.2, -0.15) is 0 Å². The first kappa shape index (κ1) is 18.7. The third-order valence-corrected chi connectivity index (χ3v) is 4.87.